The lowest BCUT2D eigenvalue weighted by Gasteiger charge is -2.55. The van der Waals surface area contributed by atoms with Crippen molar-refractivity contribution < 1.29 is 23.8 Å². The molecule has 1 atom stereocenters. The summed E-state index contributed by atoms with van der Waals surface area (Å²) in [7, 11) is 1.60. The second kappa shape index (κ2) is 9.63. The highest BCUT2D eigenvalue weighted by atomic mass is 19.1. The number of carbonyl (C=O) groups is 2. The molecule has 9 nitrogen and oxygen atoms in total. The van der Waals surface area contributed by atoms with Gasteiger partial charge in [0.1, 0.15) is 11.6 Å². The summed E-state index contributed by atoms with van der Waals surface area (Å²) in [5.41, 5.74) is 3.13. The number of rotatable bonds is 4. The molecule has 2 aliphatic heterocycles. The van der Waals surface area contributed by atoms with Gasteiger partial charge in [-0.1, -0.05) is 18.2 Å². The number of aromatic amines is 1. The minimum Gasteiger partial charge on any atom is -0.497 e. The van der Waals surface area contributed by atoms with Crippen LogP contribution in [0.3, 0.4) is 0 Å². The average Bonchev–Trinajstić information content (AvgIpc) is 3.31. The molecule has 0 unspecified atom stereocenters. The number of fused-ring (bicyclic) bond motifs is 4. The molecule has 4 N–H and O–H groups in total. The molecule has 4 aromatic rings. The van der Waals surface area contributed by atoms with Crippen LogP contribution in [0.5, 0.6) is 5.75 Å². The van der Waals surface area contributed by atoms with Gasteiger partial charge in [0.2, 0.25) is 0 Å². The van der Waals surface area contributed by atoms with Crippen molar-refractivity contribution in [2.45, 2.75) is 11.5 Å². The number of hydrogen-bond acceptors (Lipinski definition) is 4. The third-order valence-corrected chi connectivity index (χ3v) is 7.58. The van der Waals surface area contributed by atoms with Crippen molar-refractivity contribution in [3.8, 4) is 5.75 Å². The summed E-state index contributed by atoms with van der Waals surface area (Å²) in [6, 6.07) is 19.2. The van der Waals surface area contributed by atoms with Crippen molar-refractivity contribution in [1.82, 2.24) is 14.8 Å². The predicted molar refractivity (Wildman–Crippen MR) is 146 cm³/mol. The summed E-state index contributed by atoms with van der Waals surface area (Å²) in [6.45, 7) is 0.751. The van der Waals surface area contributed by atoms with E-state index in [1.807, 2.05) is 48.5 Å². The Bertz CT molecular complexity index is 1530. The van der Waals surface area contributed by atoms with Gasteiger partial charge in [0.15, 0.2) is 0 Å². The third kappa shape index (κ3) is 4.32. The standard InChI is InChI=1S/C29H28FN5O4/c1-39-21-11-12-22-23(13-21)33-26-24(14-36)35(28(38)32-20-9-7-18(30)8-10-20)17-29(25(22)26)15-34(16-29)27(37)31-19-5-3-2-4-6-19/h2-13,24,33,36H,14-17H2,1H3,(H,31,37)(H,32,38)/t24-/m0/s1. The Hall–Kier alpha value is -4.57. The van der Waals surface area contributed by atoms with Crippen molar-refractivity contribution in [1.29, 1.82) is 0 Å². The van der Waals surface area contributed by atoms with E-state index in [9.17, 15) is 19.1 Å². The van der Waals surface area contributed by atoms with Crippen LogP contribution >= 0.6 is 0 Å². The van der Waals surface area contributed by atoms with E-state index in [0.717, 1.165) is 22.2 Å². The predicted octanol–water partition coefficient (Wildman–Crippen LogP) is 4.68. The maximum absolute atomic E-state index is 13.5. The Labute approximate surface area is 224 Å². The van der Waals surface area contributed by atoms with Gasteiger partial charge >= 0.3 is 12.1 Å². The van der Waals surface area contributed by atoms with E-state index in [-0.39, 0.29) is 19.2 Å². The number of anilines is 2. The average molecular weight is 530 g/mol. The molecule has 3 heterocycles. The first-order valence-corrected chi connectivity index (χ1v) is 12.7. The molecule has 0 bridgehead atoms. The number of ether oxygens (including phenoxy) is 1. The molecule has 1 saturated heterocycles. The van der Waals surface area contributed by atoms with Crippen molar-refractivity contribution in [2.75, 3.05) is 44.0 Å². The summed E-state index contributed by atoms with van der Waals surface area (Å²) in [5.74, 6) is 0.277. The molecular formula is C29H28FN5O4. The summed E-state index contributed by atoms with van der Waals surface area (Å²) >= 11 is 0. The smallest absolute Gasteiger partial charge is 0.322 e. The largest absolute Gasteiger partial charge is 0.497 e. The third-order valence-electron chi connectivity index (χ3n) is 7.58. The number of para-hydroxylation sites is 1. The van der Waals surface area contributed by atoms with Gasteiger partial charge in [0.05, 0.1) is 25.2 Å². The van der Waals surface area contributed by atoms with Crippen LogP contribution in [0.25, 0.3) is 10.9 Å². The lowest BCUT2D eigenvalue weighted by atomic mass is 9.69. The molecule has 39 heavy (non-hydrogen) atoms. The summed E-state index contributed by atoms with van der Waals surface area (Å²) in [5, 5.41) is 17.2. The van der Waals surface area contributed by atoms with Crippen LogP contribution in [0, 0.1) is 5.82 Å². The van der Waals surface area contributed by atoms with E-state index in [2.05, 4.69) is 15.6 Å². The number of carbonyl (C=O) groups excluding carboxylic acids is 2. The van der Waals surface area contributed by atoms with Gasteiger partial charge < -0.3 is 35.3 Å². The topological polar surface area (TPSA) is 110 Å². The number of nitrogens with one attached hydrogen (secondary N) is 3. The second-order valence-corrected chi connectivity index (χ2v) is 10.0. The molecule has 4 amide bonds. The molecule has 10 heteroatoms. The summed E-state index contributed by atoms with van der Waals surface area (Å²) < 4.78 is 18.8. The molecule has 1 spiro atoms. The van der Waals surface area contributed by atoms with E-state index in [1.54, 1.807) is 16.9 Å². The fraction of sp³-hybridized carbons (Fsp3) is 0.241. The number of halogens is 1. The Morgan fingerprint density at radius 1 is 1.00 bits per heavy atom. The van der Waals surface area contributed by atoms with Crippen molar-refractivity contribution in [3.05, 3.63) is 89.9 Å². The number of likely N-dealkylation sites (tertiary alicyclic amines) is 1. The van der Waals surface area contributed by atoms with Crippen LogP contribution in [0.2, 0.25) is 0 Å². The number of nitrogens with zero attached hydrogens (tertiary/aromatic N) is 2. The van der Waals surface area contributed by atoms with Gasteiger partial charge in [-0.2, -0.15) is 0 Å². The van der Waals surface area contributed by atoms with Gasteiger partial charge in [-0.25, -0.2) is 14.0 Å². The normalized spacial score (nSPS) is 17.5. The minimum atomic E-state index is -0.642. The van der Waals surface area contributed by atoms with Crippen molar-refractivity contribution in [3.63, 3.8) is 0 Å². The number of aliphatic hydroxyl groups excluding tert-OH is 1. The maximum atomic E-state index is 13.5. The summed E-state index contributed by atoms with van der Waals surface area (Å²) in [6.07, 6.45) is 0. The van der Waals surface area contributed by atoms with Gasteiger partial charge in [0.25, 0.3) is 0 Å². The maximum Gasteiger partial charge on any atom is 0.322 e. The molecule has 0 saturated carbocycles. The lowest BCUT2D eigenvalue weighted by molar-refractivity contribution is 0.0374. The van der Waals surface area contributed by atoms with Gasteiger partial charge in [-0.15, -0.1) is 0 Å². The van der Waals surface area contributed by atoms with Crippen LogP contribution < -0.4 is 15.4 Å². The number of benzene rings is 3. The van der Waals surface area contributed by atoms with Crippen LogP contribution in [0.1, 0.15) is 17.3 Å². The van der Waals surface area contributed by atoms with Crippen LogP contribution in [0.15, 0.2) is 72.8 Å². The fourth-order valence-electron chi connectivity index (χ4n) is 5.76. The van der Waals surface area contributed by atoms with Crippen LogP contribution in [0.4, 0.5) is 25.4 Å². The van der Waals surface area contributed by atoms with E-state index in [4.69, 9.17) is 4.74 Å². The lowest BCUT2D eigenvalue weighted by Crippen LogP contribution is -2.68. The zero-order chi connectivity index (χ0) is 27.1. The molecule has 1 aromatic heterocycles. The molecule has 0 radical (unpaired) electrons. The zero-order valence-electron chi connectivity index (χ0n) is 21.3. The highest BCUT2D eigenvalue weighted by Gasteiger charge is 2.55. The van der Waals surface area contributed by atoms with E-state index in [1.165, 1.54) is 24.3 Å². The second-order valence-electron chi connectivity index (χ2n) is 10.0. The van der Waals surface area contributed by atoms with Gasteiger partial charge in [-0.05, 0) is 54.1 Å². The Balaban J connectivity index is 1.35. The van der Waals surface area contributed by atoms with E-state index in [0.29, 0.717) is 30.2 Å². The SMILES string of the molecule is COc1ccc2c3c([nH]c2c1)[C@H](CO)N(C(=O)Nc1ccc(F)cc1)CC31CN(C(=O)Nc2ccccc2)C1. The number of aliphatic hydroxyl groups is 1. The molecule has 2 aliphatic rings. The monoisotopic (exact) mass is 529 g/mol. The first-order valence-electron chi connectivity index (χ1n) is 12.7. The fourth-order valence-corrected chi connectivity index (χ4v) is 5.76. The van der Waals surface area contributed by atoms with Crippen molar-refractivity contribution in [2.24, 2.45) is 0 Å². The Morgan fingerprint density at radius 3 is 2.38 bits per heavy atom. The molecule has 200 valence electrons. The molecular weight excluding hydrogens is 501 g/mol. The highest BCUT2D eigenvalue weighted by molar-refractivity contribution is 5.94. The van der Waals surface area contributed by atoms with Gasteiger partial charge in [0, 0.05) is 53.7 Å². The van der Waals surface area contributed by atoms with Gasteiger partial charge in [-0.3, -0.25) is 0 Å². The van der Waals surface area contributed by atoms with Crippen LogP contribution in [-0.2, 0) is 5.41 Å². The number of methoxy groups -OCH3 is 1. The number of aromatic nitrogens is 1. The van der Waals surface area contributed by atoms with E-state index >= 15 is 0 Å². The van der Waals surface area contributed by atoms with Crippen LogP contribution in [-0.4, -0.2) is 65.3 Å². The first-order chi connectivity index (χ1) is 18.9. The zero-order valence-corrected chi connectivity index (χ0v) is 21.3. The molecule has 6 rings (SSSR count). The van der Waals surface area contributed by atoms with Crippen molar-refractivity contribution >= 4 is 34.3 Å². The minimum absolute atomic E-state index is 0.221. The Morgan fingerprint density at radius 2 is 1.69 bits per heavy atom. The molecule has 1 fully saturated rings. The molecule has 3 aromatic carbocycles. The number of urea groups is 2. The number of amides is 4. The highest BCUT2D eigenvalue weighted by Crippen LogP contribution is 2.48. The van der Waals surface area contributed by atoms with E-state index < -0.39 is 23.3 Å². The first kappa shape index (κ1) is 24.7. The quantitative estimate of drug-likeness (QED) is 0.308. The number of H-pyrrole nitrogens is 1. The Kier molecular flexibility index (Phi) is 6.11. The molecule has 0 aliphatic carbocycles. The number of hydrogen-bond donors (Lipinski definition) is 4. The summed E-state index contributed by atoms with van der Waals surface area (Å²) in [4.78, 5) is 33.3.